The van der Waals surface area contributed by atoms with E-state index in [1.165, 1.54) is 0 Å². The number of ether oxygens (including phenoxy) is 1. The Morgan fingerprint density at radius 3 is 2.90 bits per heavy atom. The van der Waals surface area contributed by atoms with E-state index in [0.717, 1.165) is 22.1 Å². The maximum absolute atomic E-state index is 5.54. The van der Waals surface area contributed by atoms with Crippen LogP contribution in [-0.4, -0.2) is 21.5 Å². The number of imidazole rings is 1. The van der Waals surface area contributed by atoms with E-state index in [-0.39, 0.29) is 0 Å². The number of nitrogens with zero attached hydrogens (tertiary/aromatic N) is 3. The van der Waals surface area contributed by atoms with Gasteiger partial charge < -0.3 is 14.5 Å². The second-order valence-corrected chi connectivity index (χ2v) is 5.35. The van der Waals surface area contributed by atoms with Crippen molar-refractivity contribution in [2.24, 2.45) is 0 Å². The molecule has 20 heavy (non-hydrogen) atoms. The van der Waals surface area contributed by atoms with Crippen LogP contribution in [0.5, 0.6) is 5.88 Å². The molecule has 0 radical (unpaired) electrons. The number of oxazole rings is 1. The van der Waals surface area contributed by atoms with Crippen molar-refractivity contribution < 1.29 is 9.15 Å². The lowest BCUT2D eigenvalue weighted by molar-refractivity contribution is 0.390. The number of fused-ring (bicyclic) bond motifs is 1. The largest absolute Gasteiger partial charge is 0.480 e. The van der Waals surface area contributed by atoms with Gasteiger partial charge in [-0.3, -0.25) is 4.40 Å². The van der Waals surface area contributed by atoms with Crippen LogP contribution in [0.25, 0.3) is 4.96 Å². The SMILES string of the molecule is COc1nc2sccn2c1CNCc1nc(C)c(C)o1. The molecule has 0 saturated carbocycles. The Kier molecular flexibility index (Phi) is 3.45. The zero-order chi connectivity index (χ0) is 14.1. The van der Waals surface area contributed by atoms with Gasteiger partial charge in [-0.1, -0.05) is 0 Å². The van der Waals surface area contributed by atoms with E-state index in [1.807, 2.05) is 29.8 Å². The van der Waals surface area contributed by atoms with Crippen LogP contribution < -0.4 is 10.1 Å². The Morgan fingerprint density at radius 1 is 1.35 bits per heavy atom. The van der Waals surface area contributed by atoms with Crippen LogP contribution in [0.15, 0.2) is 16.0 Å². The van der Waals surface area contributed by atoms with Crippen LogP contribution in [0.3, 0.4) is 0 Å². The summed E-state index contributed by atoms with van der Waals surface area (Å²) in [6, 6.07) is 0. The van der Waals surface area contributed by atoms with Crippen molar-refractivity contribution in [3.63, 3.8) is 0 Å². The Balaban J connectivity index is 1.71. The van der Waals surface area contributed by atoms with Gasteiger partial charge >= 0.3 is 0 Å². The third kappa shape index (κ3) is 2.30. The number of rotatable bonds is 5. The third-order valence-electron chi connectivity index (χ3n) is 3.16. The number of hydrogen-bond acceptors (Lipinski definition) is 6. The maximum atomic E-state index is 5.54. The first kappa shape index (κ1) is 13.1. The summed E-state index contributed by atoms with van der Waals surface area (Å²) in [6.07, 6.45) is 1.99. The Morgan fingerprint density at radius 2 is 2.20 bits per heavy atom. The van der Waals surface area contributed by atoms with Crippen molar-refractivity contribution >= 4 is 16.3 Å². The number of methoxy groups -OCH3 is 1. The lowest BCUT2D eigenvalue weighted by Crippen LogP contribution is -2.14. The predicted octanol–water partition coefficient (Wildman–Crippen LogP) is 2.30. The van der Waals surface area contributed by atoms with Gasteiger partial charge in [0.05, 0.1) is 19.3 Å². The van der Waals surface area contributed by atoms with E-state index in [2.05, 4.69) is 15.3 Å². The zero-order valence-electron chi connectivity index (χ0n) is 11.6. The average molecular weight is 292 g/mol. The molecule has 0 aliphatic heterocycles. The second-order valence-electron chi connectivity index (χ2n) is 4.48. The maximum Gasteiger partial charge on any atom is 0.237 e. The van der Waals surface area contributed by atoms with Crippen molar-refractivity contribution in [1.82, 2.24) is 19.7 Å². The number of hydrogen-bond donors (Lipinski definition) is 1. The minimum absolute atomic E-state index is 0.579. The van der Waals surface area contributed by atoms with Crippen molar-refractivity contribution in [2.75, 3.05) is 7.11 Å². The number of thiazole rings is 1. The van der Waals surface area contributed by atoms with E-state index in [1.54, 1.807) is 18.4 Å². The highest BCUT2D eigenvalue weighted by atomic mass is 32.1. The molecule has 0 unspecified atom stereocenters. The van der Waals surface area contributed by atoms with Crippen molar-refractivity contribution in [2.45, 2.75) is 26.9 Å². The standard InChI is InChI=1S/C13H16N4O2S/c1-8-9(2)19-11(15-8)7-14-6-10-12(18-3)16-13-17(10)4-5-20-13/h4-5,14H,6-7H2,1-3H3. The van der Waals surface area contributed by atoms with Crippen LogP contribution in [0.2, 0.25) is 0 Å². The van der Waals surface area contributed by atoms with Gasteiger partial charge in [0.1, 0.15) is 11.5 Å². The van der Waals surface area contributed by atoms with Crippen LogP contribution in [0.1, 0.15) is 23.0 Å². The van der Waals surface area contributed by atoms with Gasteiger partial charge in [-0.2, -0.15) is 4.98 Å². The summed E-state index contributed by atoms with van der Waals surface area (Å²) in [5.74, 6) is 2.22. The van der Waals surface area contributed by atoms with Gasteiger partial charge in [0.25, 0.3) is 0 Å². The highest BCUT2D eigenvalue weighted by Gasteiger charge is 2.13. The van der Waals surface area contributed by atoms with Crippen molar-refractivity contribution in [3.8, 4) is 5.88 Å². The topological polar surface area (TPSA) is 64.6 Å². The molecule has 0 aliphatic rings. The van der Waals surface area contributed by atoms with Crippen LogP contribution in [0, 0.1) is 13.8 Å². The number of aryl methyl sites for hydroxylation is 2. The molecule has 7 heteroatoms. The summed E-state index contributed by atoms with van der Waals surface area (Å²) in [5.41, 5.74) is 1.94. The zero-order valence-corrected chi connectivity index (χ0v) is 12.5. The molecule has 6 nitrogen and oxygen atoms in total. The molecule has 1 N–H and O–H groups in total. The van der Waals surface area contributed by atoms with Gasteiger partial charge in [-0.25, -0.2) is 4.98 Å². The molecule has 3 rings (SSSR count). The quantitative estimate of drug-likeness (QED) is 0.781. The molecule has 0 amide bonds. The molecule has 0 saturated heterocycles. The van der Waals surface area contributed by atoms with E-state index in [4.69, 9.17) is 9.15 Å². The smallest absolute Gasteiger partial charge is 0.237 e. The van der Waals surface area contributed by atoms with Crippen LogP contribution in [-0.2, 0) is 13.1 Å². The molecule has 0 atom stereocenters. The normalized spacial score (nSPS) is 11.3. The van der Waals surface area contributed by atoms with Gasteiger partial charge in [0, 0.05) is 18.1 Å². The van der Waals surface area contributed by atoms with E-state index in [9.17, 15) is 0 Å². The summed E-state index contributed by atoms with van der Waals surface area (Å²) in [4.78, 5) is 9.69. The molecule has 3 aromatic heterocycles. The molecule has 3 aromatic rings. The molecular weight excluding hydrogens is 276 g/mol. The molecule has 0 bridgehead atoms. The summed E-state index contributed by atoms with van der Waals surface area (Å²) in [6.45, 7) is 5.08. The molecule has 0 aromatic carbocycles. The fourth-order valence-electron chi connectivity index (χ4n) is 2.04. The lowest BCUT2D eigenvalue weighted by Gasteiger charge is -2.03. The Hall–Kier alpha value is -1.86. The number of nitrogens with one attached hydrogen (secondary N) is 1. The molecule has 0 aliphatic carbocycles. The summed E-state index contributed by atoms with van der Waals surface area (Å²) in [7, 11) is 1.64. The van der Waals surface area contributed by atoms with E-state index in [0.29, 0.717) is 24.9 Å². The lowest BCUT2D eigenvalue weighted by atomic mass is 10.4. The first-order valence-electron chi connectivity index (χ1n) is 6.31. The summed E-state index contributed by atoms with van der Waals surface area (Å²) in [5, 5.41) is 5.31. The summed E-state index contributed by atoms with van der Waals surface area (Å²) >= 11 is 1.59. The molecule has 106 valence electrons. The molecular formula is C13H16N4O2S. The van der Waals surface area contributed by atoms with E-state index >= 15 is 0 Å². The fraction of sp³-hybridized carbons (Fsp3) is 0.385. The van der Waals surface area contributed by atoms with Gasteiger partial charge in [-0.15, -0.1) is 11.3 Å². The van der Waals surface area contributed by atoms with Gasteiger partial charge in [0.2, 0.25) is 11.8 Å². The fourth-order valence-corrected chi connectivity index (χ4v) is 2.76. The molecule has 3 heterocycles. The third-order valence-corrected chi connectivity index (χ3v) is 3.92. The Labute approximate surface area is 120 Å². The van der Waals surface area contributed by atoms with Gasteiger partial charge in [-0.05, 0) is 13.8 Å². The Bertz CT molecular complexity index is 708. The molecule has 0 spiro atoms. The first-order chi connectivity index (χ1) is 9.69. The van der Waals surface area contributed by atoms with Gasteiger partial charge in [0.15, 0.2) is 4.96 Å². The minimum Gasteiger partial charge on any atom is -0.480 e. The monoisotopic (exact) mass is 292 g/mol. The van der Waals surface area contributed by atoms with Crippen molar-refractivity contribution in [3.05, 3.63) is 34.6 Å². The van der Waals surface area contributed by atoms with Crippen LogP contribution >= 0.6 is 11.3 Å². The summed E-state index contributed by atoms with van der Waals surface area (Å²) < 4.78 is 12.9. The minimum atomic E-state index is 0.579. The number of aromatic nitrogens is 3. The van der Waals surface area contributed by atoms with E-state index < -0.39 is 0 Å². The van der Waals surface area contributed by atoms with Crippen LogP contribution in [0.4, 0.5) is 0 Å². The first-order valence-corrected chi connectivity index (χ1v) is 7.19. The highest BCUT2D eigenvalue weighted by molar-refractivity contribution is 7.15. The average Bonchev–Trinajstić information content (AvgIpc) is 3.07. The second kappa shape index (κ2) is 5.26. The predicted molar refractivity (Wildman–Crippen MR) is 76.1 cm³/mol. The van der Waals surface area contributed by atoms with Crippen molar-refractivity contribution in [1.29, 1.82) is 0 Å². The molecule has 0 fully saturated rings. The highest BCUT2D eigenvalue weighted by Crippen LogP contribution is 2.22.